The molecular weight excluding hydrogens is 183 g/mol. The standard InChI is InChI=1S/C8H12O4.Na.H/c1-3-5-11-8(7(9)10)12-6-4-2;;/h3-4,8H,1-2,5-6H2,(H,9,10);;. The first-order chi connectivity index (χ1) is 5.72. The summed E-state index contributed by atoms with van der Waals surface area (Å²) in [5.41, 5.74) is 0. The summed E-state index contributed by atoms with van der Waals surface area (Å²) in [5, 5.41) is 8.51. The van der Waals surface area contributed by atoms with Gasteiger partial charge in [-0.3, -0.25) is 0 Å². The van der Waals surface area contributed by atoms with E-state index in [9.17, 15) is 4.79 Å². The van der Waals surface area contributed by atoms with Crippen LogP contribution < -0.4 is 0 Å². The molecule has 0 saturated heterocycles. The molecule has 0 atom stereocenters. The zero-order chi connectivity index (χ0) is 9.40. The van der Waals surface area contributed by atoms with Crippen molar-refractivity contribution in [1.82, 2.24) is 0 Å². The molecule has 0 spiro atoms. The maximum absolute atomic E-state index is 10.4. The molecule has 13 heavy (non-hydrogen) atoms. The third kappa shape index (κ3) is 8.21. The molecule has 70 valence electrons. The van der Waals surface area contributed by atoms with Gasteiger partial charge in [0, 0.05) is 0 Å². The summed E-state index contributed by atoms with van der Waals surface area (Å²) in [4.78, 5) is 10.4. The van der Waals surface area contributed by atoms with Crippen LogP contribution in [0.2, 0.25) is 0 Å². The van der Waals surface area contributed by atoms with E-state index in [1.807, 2.05) is 0 Å². The Bertz CT molecular complexity index is 158. The van der Waals surface area contributed by atoms with E-state index < -0.39 is 12.3 Å². The van der Waals surface area contributed by atoms with Crippen LogP contribution in [-0.2, 0) is 14.3 Å². The molecule has 0 rings (SSSR count). The minimum absolute atomic E-state index is 0. The van der Waals surface area contributed by atoms with E-state index >= 15 is 0 Å². The number of hydrogen-bond donors (Lipinski definition) is 1. The van der Waals surface area contributed by atoms with Gasteiger partial charge in [0.15, 0.2) is 0 Å². The van der Waals surface area contributed by atoms with Crippen LogP contribution >= 0.6 is 0 Å². The predicted octanol–water partition coefficient (Wildman–Crippen LogP) is 0.154. The van der Waals surface area contributed by atoms with Crippen LogP contribution in [0.15, 0.2) is 25.3 Å². The van der Waals surface area contributed by atoms with Crippen LogP contribution in [0.25, 0.3) is 0 Å². The average molecular weight is 196 g/mol. The topological polar surface area (TPSA) is 55.8 Å². The van der Waals surface area contributed by atoms with Gasteiger partial charge >= 0.3 is 35.5 Å². The fourth-order valence-electron chi connectivity index (χ4n) is 0.502. The molecule has 4 nitrogen and oxygen atoms in total. The monoisotopic (exact) mass is 196 g/mol. The number of carboxylic acid groups (broad SMARTS) is 1. The molecule has 0 fully saturated rings. The Kier molecular flexibility index (Phi) is 11.8. The van der Waals surface area contributed by atoms with Gasteiger partial charge in [0.25, 0.3) is 6.29 Å². The van der Waals surface area contributed by atoms with Crippen molar-refractivity contribution in [2.24, 2.45) is 0 Å². The van der Waals surface area contributed by atoms with E-state index in [2.05, 4.69) is 13.2 Å². The molecule has 0 bridgehead atoms. The Morgan fingerprint density at radius 1 is 1.31 bits per heavy atom. The van der Waals surface area contributed by atoms with Crippen LogP contribution in [0, 0.1) is 0 Å². The quantitative estimate of drug-likeness (QED) is 0.358. The number of hydrogen-bond acceptors (Lipinski definition) is 3. The van der Waals surface area contributed by atoms with Crippen molar-refractivity contribution >= 4 is 35.5 Å². The molecule has 0 heterocycles. The molecule has 0 aliphatic heterocycles. The Balaban J connectivity index is 0. The van der Waals surface area contributed by atoms with E-state index in [-0.39, 0.29) is 42.8 Å². The molecule has 5 heteroatoms. The second-order valence-electron chi connectivity index (χ2n) is 1.91. The number of rotatable bonds is 7. The fourth-order valence-corrected chi connectivity index (χ4v) is 0.502. The van der Waals surface area contributed by atoms with Crippen molar-refractivity contribution in [2.45, 2.75) is 6.29 Å². The molecule has 1 N–H and O–H groups in total. The zero-order valence-electron chi connectivity index (χ0n) is 6.73. The predicted molar refractivity (Wildman–Crippen MR) is 50.9 cm³/mol. The van der Waals surface area contributed by atoms with Gasteiger partial charge in [-0.05, 0) is 0 Å². The molecule has 0 aromatic carbocycles. The summed E-state index contributed by atoms with van der Waals surface area (Å²) in [6.45, 7) is 7.05. The van der Waals surface area contributed by atoms with Crippen LogP contribution in [0.1, 0.15) is 0 Å². The Labute approximate surface area is 99.5 Å². The summed E-state index contributed by atoms with van der Waals surface area (Å²) in [6, 6.07) is 0. The van der Waals surface area contributed by atoms with Gasteiger partial charge < -0.3 is 14.6 Å². The van der Waals surface area contributed by atoms with E-state index in [0.29, 0.717) is 0 Å². The van der Waals surface area contributed by atoms with E-state index in [1.165, 1.54) is 12.2 Å². The normalized spacial score (nSPS) is 9.00. The Morgan fingerprint density at radius 3 is 1.92 bits per heavy atom. The first-order valence-electron chi connectivity index (χ1n) is 3.40. The van der Waals surface area contributed by atoms with Gasteiger partial charge in [-0.1, -0.05) is 12.2 Å². The minimum atomic E-state index is -1.24. The molecule has 0 radical (unpaired) electrons. The SMILES string of the molecule is C=CCOC(OCC=C)C(=O)O.[NaH]. The van der Waals surface area contributed by atoms with Crippen molar-refractivity contribution in [3.63, 3.8) is 0 Å². The van der Waals surface area contributed by atoms with Crippen molar-refractivity contribution < 1.29 is 19.4 Å². The first-order valence-corrected chi connectivity index (χ1v) is 3.40. The van der Waals surface area contributed by atoms with Crippen molar-refractivity contribution in [2.75, 3.05) is 13.2 Å². The first kappa shape index (κ1) is 15.3. The fraction of sp³-hybridized carbons (Fsp3) is 0.375. The molecule has 0 aromatic heterocycles. The molecule has 0 unspecified atom stereocenters. The zero-order valence-corrected chi connectivity index (χ0v) is 6.73. The van der Waals surface area contributed by atoms with Crippen LogP contribution in [0.4, 0.5) is 0 Å². The number of ether oxygens (including phenoxy) is 2. The van der Waals surface area contributed by atoms with E-state index in [0.717, 1.165) is 0 Å². The maximum atomic E-state index is 10.4. The summed E-state index contributed by atoms with van der Waals surface area (Å²) in [6.07, 6.45) is 1.67. The van der Waals surface area contributed by atoms with Crippen LogP contribution in [0.5, 0.6) is 0 Å². The van der Waals surface area contributed by atoms with Gasteiger partial charge in [-0.2, -0.15) is 0 Å². The van der Waals surface area contributed by atoms with Gasteiger partial charge in [0.1, 0.15) is 0 Å². The Morgan fingerprint density at radius 2 is 1.69 bits per heavy atom. The van der Waals surface area contributed by atoms with E-state index in [4.69, 9.17) is 14.6 Å². The second-order valence-corrected chi connectivity index (χ2v) is 1.91. The second kappa shape index (κ2) is 9.95. The van der Waals surface area contributed by atoms with Crippen LogP contribution in [-0.4, -0.2) is 60.1 Å². The average Bonchev–Trinajstić information content (AvgIpc) is 2.04. The molecule has 0 saturated carbocycles. The molecular formula is C8H13NaO4. The summed E-state index contributed by atoms with van der Waals surface area (Å²) in [5.74, 6) is -1.15. The Hall–Kier alpha value is -0.130. The summed E-state index contributed by atoms with van der Waals surface area (Å²) < 4.78 is 9.53. The number of carboxylic acids is 1. The van der Waals surface area contributed by atoms with Crippen molar-refractivity contribution in [3.8, 4) is 0 Å². The molecule has 0 aliphatic carbocycles. The van der Waals surface area contributed by atoms with Crippen molar-refractivity contribution in [3.05, 3.63) is 25.3 Å². The molecule has 0 aliphatic rings. The number of carbonyl (C=O) groups is 1. The van der Waals surface area contributed by atoms with Crippen molar-refractivity contribution in [1.29, 1.82) is 0 Å². The van der Waals surface area contributed by atoms with Gasteiger partial charge in [0.2, 0.25) is 0 Å². The van der Waals surface area contributed by atoms with Crippen LogP contribution in [0.3, 0.4) is 0 Å². The van der Waals surface area contributed by atoms with Gasteiger partial charge in [-0.15, -0.1) is 13.2 Å². The third-order valence-electron chi connectivity index (χ3n) is 0.933. The van der Waals surface area contributed by atoms with Gasteiger partial charge in [0.05, 0.1) is 13.2 Å². The number of aliphatic carboxylic acids is 1. The third-order valence-corrected chi connectivity index (χ3v) is 0.933. The van der Waals surface area contributed by atoms with E-state index in [1.54, 1.807) is 0 Å². The molecule has 0 aromatic rings. The van der Waals surface area contributed by atoms with Gasteiger partial charge in [-0.25, -0.2) is 4.79 Å². The summed E-state index contributed by atoms with van der Waals surface area (Å²) >= 11 is 0. The molecule has 0 amide bonds. The summed E-state index contributed by atoms with van der Waals surface area (Å²) in [7, 11) is 0.